The maximum Gasteiger partial charge on any atom is 0.258 e. The van der Waals surface area contributed by atoms with E-state index in [1.807, 2.05) is 18.2 Å². The number of hydrogen-bond donors (Lipinski definition) is 0. The van der Waals surface area contributed by atoms with Gasteiger partial charge in [-0.1, -0.05) is 17.3 Å². The zero-order valence-electron chi connectivity index (χ0n) is 15.5. The summed E-state index contributed by atoms with van der Waals surface area (Å²) in [6, 6.07) is 14.9. The minimum atomic E-state index is 0.424. The first kappa shape index (κ1) is 16.1. The van der Waals surface area contributed by atoms with Crippen molar-refractivity contribution >= 4 is 10.9 Å². The van der Waals surface area contributed by atoms with Gasteiger partial charge in [0.2, 0.25) is 5.82 Å². The number of para-hydroxylation sites is 1. The molecule has 5 rings (SSSR count). The second-order valence-electron chi connectivity index (χ2n) is 7.26. The molecule has 1 aliphatic rings. The molecule has 0 aliphatic carbocycles. The highest BCUT2D eigenvalue weighted by molar-refractivity contribution is 5.84. The van der Waals surface area contributed by atoms with E-state index < -0.39 is 0 Å². The maximum atomic E-state index is 5.88. The average Bonchev–Trinajstić information content (AvgIpc) is 3.34. The van der Waals surface area contributed by atoms with Crippen molar-refractivity contribution in [3.8, 4) is 28.6 Å². The molecule has 0 radical (unpaired) electrons. The number of rotatable bonds is 3. The minimum Gasteiger partial charge on any atom is -0.493 e. The fourth-order valence-corrected chi connectivity index (χ4v) is 3.76. The van der Waals surface area contributed by atoms with Crippen LogP contribution in [0.15, 0.2) is 53.2 Å². The second-order valence-corrected chi connectivity index (χ2v) is 7.26. The molecular formula is C22H21N3O2. The largest absolute Gasteiger partial charge is 0.493 e. The van der Waals surface area contributed by atoms with Crippen LogP contribution in [0.4, 0.5) is 0 Å². The van der Waals surface area contributed by atoms with Gasteiger partial charge < -0.3 is 13.8 Å². The SMILES string of the molecule is CC(C)n1ccc2cc(-c3nc(-c4cccc5c4OCCC5)no3)ccc21. The van der Waals surface area contributed by atoms with Crippen LogP contribution in [0.1, 0.15) is 31.9 Å². The molecule has 0 unspecified atom stereocenters. The summed E-state index contributed by atoms with van der Waals surface area (Å²) in [5.41, 5.74) is 4.24. The highest BCUT2D eigenvalue weighted by Gasteiger charge is 2.20. The number of aryl methyl sites for hydroxylation is 1. The first-order valence-electron chi connectivity index (χ1n) is 9.40. The summed E-state index contributed by atoms with van der Waals surface area (Å²) >= 11 is 0. The van der Waals surface area contributed by atoms with Gasteiger partial charge in [0, 0.05) is 28.7 Å². The lowest BCUT2D eigenvalue weighted by atomic mass is 10.0. The van der Waals surface area contributed by atoms with Crippen molar-refractivity contribution in [2.45, 2.75) is 32.7 Å². The van der Waals surface area contributed by atoms with Gasteiger partial charge in [-0.2, -0.15) is 4.98 Å². The molecule has 136 valence electrons. The molecule has 0 saturated heterocycles. The first-order chi connectivity index (χ1) is 13.2. The summed E-state index contributed by atoms with van der Waals surface area (Å²) in [5, 5.41) is 5.38. The summed E-state index contributed by atoms with van der Waals surface area (Å²) in [5.74, 6) is 1.99. The molecule has 0 atom stereocenters. The van der Waals surface area contributed by atoms with Crippen molar-refractivity contribution < 1.29 is 9.26 Å². The molecule has 1 aliphatic heterocycles. The minimum absolute atomic E-state index is 0.424. The molecule has 0 fully saturated rings. The molecule has 27 heavy (non-hydrogen) atoms. The molecular weight excluding hydrogens is 338 g/mol. The molecule has 4 aromatic rings. The van der Waals surface area contributed by atoms with Gasteiger partial charge >= 0.3 is 0 Å². The van der Waals surface area contributed by atoms with Crippen molar-refractivity contribution in [3.05, 3.63) is 54.2 Å². The molecule has 5 heteroatoms. The number of hydrogen-bond acceptors (Lipinski definition) is 4. The van der Waals surface area contributed by atoms with Gasteiger partial charge in [-0.3, -0.25) is 0 Å². The van der Waals surface area contributed by atoms with Crippen molar-refractivity contribution in [2.24, 2.45) is 0 Å². The van der Waals surface area contributed by atoms with Gasteiger partial charge in [-0.25, -0.2) is 0 Å². The lowest BCUT2D eigenvalue weighted by Crippen LogP contribution is -2.09. The van der Waals surface area contributed by atoms with Crippen LogP contribution in [0.5, 0.6) is 5.75 Å². The van der Waals surface area contributed by atoms with Gasteiger partial charge in [0.05, 0.1) is 12.2 Å². The van der Waals surface area contributed by atoms with Gasteiger partial charge in [-0.15, -0.1) is 0 Å². The van der Waals surface area contributed by atoms with Gasteiger partial charge in [0.25, 0.3) is 5.89 Å². The Kier molecular flexibility index (Phi) is 3.74. The van der Waals surface area contributed by atoms with Crippen LogP contribution in [-0.4, -0.2) is 21.3 Å². The van der Waals surface area contributed by atoms with Crippen molar-refractivity contribution in [2.75, 3.05) is 6.61 Å². The predicted octanol–water partition coefficient (Wildman–Crippen LogP) is 5.26. The summed E-state index contributed by atoms with van der Waals surface area (Å²) in [6.45, 7) is 5.10. The van der Waals surface area contributed by atoms with Crippen LogP contribution in [0.3, 0.4) is 0 Å². The molecule has 5 nitrogen and oxygen atoms in total. The number of benzene rings is 2. The summed E-state index contributed by atoms with van der Waals surface area (Å²) in [7, 11) is 0. The zero-order chi connectivity index (χ0) is 18.4. The molecule has 0 bridgehead atoms. The summed E-state index contributed by atoms with van der Waals surface area (Å²) in [6.07, 6.45) is 4.19. The summed E-state index contributed by atoms with van der Waals surface area (Å²) < 4.78 is 13.7. The number of fused-ring (bicyclic) bond motifs is 2. The number of nitrogens with zero attached hydrogens (tertiary/aromatic N) is 3. The first-order valence-corrected chi connectivity index (χ1v) is 9.40. The van der Waals surface area contributed by atoms with Crippen molar-refractivity contribution in [3.63, 3.8) is 0 Å². The Bertz CT molecular complexity index is 1120. The Balaban J connectivity index is 1.54. The Morgan fingerprint density at radius 1 is 1.11 bits per heavy atom. The maximum absolute atomic E-state index is 5.88. The smallest absolute Gasteiger partial charge is 0.258 e. The number of ether oxygens (including phenoxy) is 1. The monoisotopic (exact) mass is 359 g/mol. The van der Waals surface area contributed by atoms with E-state index in [9.17, 15) is 0 Å². The molecule has 0 spiro atoms. The molecule has 2 aromatic carbocycles. The Labute approximate surface area is 157 Å². The fourth-order valence-electron chi connectivity index (χ4n) is 3.76. The fraction of sp³-hybridized carbons (Fsp3) is 0.273. The van der Waals surface area contributed by atoms with Crippen LogP contribution in [-0.2, 0) is 6.42 Å². The van der Waals surface area contributed by atoms with Gasteiger partial charge in [0.15, 0.2) is 0 Å². The Hall–Kier alpha value is -3.08. The molecule has 0 amide bonds. The molecule has 0 saturated carbocycles. The van der Waals surface area contributed by atoms with Crippen molar-refractivity contribution in [1.29, 1.82) is 0 Å². The van der Waals surface area contributed by atoms with Crippen LogP contribution in [0, 0.1) is 0 Å². The van der Waals surface area contributed by atoms with Gasteiger partial charge in [-0.05, 0) is 62.6 Å². The van der Waals surface area contributed by atoms with Gasteiger partial charge in [0.1, 0.15) is 5.75 Å². The van der Waals surface area contributed by atoms with E-state index in [-0.39, 0.29) is 0 Å². The third kappa shape index (κ3) is 2.70. The predicted molar refractivity (Wildman–Crippen MR) is 105 cm³/mol. The Morgan fingerprint density at radius 3 is 2.93 bits per heavy atom. The average molecular weight is 359 g/mol. The van der Waals surface area contributed by atoms with E-state index in [0.29, 0.717) is 17.8 Å². The lowest BCUT2D eigenvalue weighted by Gasteiger charge is -2.18. The van der Waals surface area contributed by atoms with Crippen LogP contribution < -0.4 is 4.74 Å². The Morgan fingerprint density at radius 2 is 2.04 bits per heavy atom. The van der Waals surface area contributed by atoms with E-state index in [4.69, 9.17) is 9.26 Å². The third-order valence-electron chi connectivity index (χ3n) is 5.12. The molecule has 3 heterocycles. The van der Waals surface area contributed by atoms with Crippen molar-refractivity contribution in [1.82, 2.24) is 14.7 Å². The zero-order valence-corrected chi connectivity index (χ0v) is 15.5. The molecule has 0 N–H and O–H groups in total. The second kappa shape index (κ2) is 6.27. The van der Waals surface area contributed by atoms with E-state index in [1.165, 1.54) is 16.5 Å². The highest BCUT2D eigenvalue weighted by atomic mass is 16.5. The van der Waals surface area contributed by atoms with Crippen LogP contribution in [0.25, 0.3) is 33.7 Å². The van der Waals surface area contributed by atoms with E-state index >= 15 is 0 Å². The van der Waals surface area contributed by atoms with E-state index in [0.717, 1.165) is 36.3 Å². The summed E-state index contributed by atoms with van der Waals surface area (Å²) in [4.78, 5) is 4.64. The number of aromatic nitrogens is 3. The van der Waals surface area contributed by atoms with E-state index in [1.54, 1.807) is 0 Å². The molecule has 2 aromatic heterocycles. The third-order valence-corrected chi connectivity index (χ3v) is 5.12. The standard InChI is InChI=1S/C22H21N3O2/c1-14(2)25-11-10-16-13-17(8-9-19(16)25)22-23-21(24-27-22)18-7-3-5-15-6-4-12-26-20(15)18/h3,5,7-11,13-14H,4,6,12H2,1-2H3. The van der Waals surface area contributed by atoms with Crippen LogP contribution in [0.2, 0.25) is 0 Å². The van der Waals surface area contributed by atoms with Crippen LogP contribution >= 0.6 is 0 Å². The lowest BCUT2D eigenvalue weighted by molar-refractivity contribution is 0.289. The van der Waals surface area contributed by atoms with E-state index in [2.05, 4.69) is 59.0 Å². The topological polar surface area (TPSA) is 53.1 Å². The highest BCUT2D eigenvalue weighted by Crippen LogP contribution is 2.36. The quantitative estimate of drug-likeness (QED) is 0.500. The normalized spacial score (nSPS) is 13.7.